The molecule has 41 heavy (non-hydrogen) atoms. The summed E-state index contributed by atoms with van der Waals surface area (Å²) >= 11 is 0. The molecule has 12 heteroatoms. The third-order valence-corrected chi connectivity index (χ3v) is 9.42. The predicted molar refractivity (Wildman–Crippen MR) is 152 cm³/mol. The number of anilines is 2. The number of rotatable bonds is 9. The van der Waals surface area contributed by atoms with Crippen molar-refractivity contribution >= 4 is 33.2 Å². The van der Waals surface area contributed by atoms with Crippen LogP contribution in [0, 0.1) is 24.5 Å². The summed E-state index contributed by atoms with van der Waals surface area (Å²) in [6.07, 6.45) is 1.18. The standard InChI is InChI=1S/C29H36F2N4O5S/c1-17-10-11-22(21(30)14-17)32-25-20(26(36)33-40-28(2,3)4)16-19(27(37)35(25)6)15-18-8-7-9-23(24(18)31)34-41(38,39)29(5)12-13-29/h7-11,14,16,20,25,32,34H,12-13,15H2,1-6H3,(H,33,36). The van der Waals surface area contributed by atoms with Gasteiger partial charge in [0.1, 0.15) is 12.0 Å². The third-order valence-electron chi connectivity index (χ3n) is 7.23. The number of benzene rings is 2. The second-order valence-corrected chi connectivity index (χ2v) is 14.1. The first kappa shape index (κ1) is 30.4. The zero-order valence-electron chi connectivity index (χ0n) is 24.0. The molecule has 0 bridgehead atoms. The number of aryl methyl sites for hydroxylation is 1. The minimum atomic E-state index is -3.80. The van der Waals surface area contributed by atoms with E-state index in [-0.39, 0.29) is 28.9 Å². The molecule has 2 aliphatic rings. The van der Waals surface area contributed by atoms with E-state index in [0.717, 1.165) is 0 Å². The summed E-state index contributed by atoms with van der Waals surface area (Å²) in [5.74, 6) is -3.51. The van der Waals surface area contributed by atoms with E-state index >= 15 is 4.39 Å². The summed E-state index contributed by atoms with van der Waals surface area (Å²) in [5.41, 5.74) is 2.47. The number of carbonyl (C=O) groups excluding carboxylic acids is 2. The maximum Gasteiger partial charge on any atom is 0.254 e. The molecule has 2 amide bonds. The average Bonchev–Trinajstić information content (AvgIpc) is 3.64. The number of sulfonamides is 1. The maximum atomic E-state index is 15.5. The summed E-state index contributed by atoms with van der Waals surface area (Å²) in [4.78, 5) is 33.5. The molecule has 1 aliphatic heterocycles. The van der Waals surface area contributed by atoms with Crippen LogP contribution in [-0.2, 0) is 30.9 Å². The Morgan fingerprint density at radius 3 is 2.44 bits per heavy atom. The molecule has 4 rings (SSSR count). The molecule has 1 aliphatic carbocycles. The number of hydroxylamine groups is 1. The van der Waals surface area contributed by atoms with Crippen molar-refractivity contribution in [3.63, 3.8) is 0 Å². The first-order chi connectivity index (χ1) is 19.0. The fourth-order valence-electron chi connectivity index (χ4n) is 4.39. The molecule has 2 aromatic rings. The topological polar surface area (TPSA) is 117 Å². The smallest absolute Gasteiger partial charge is 0.254 e. The Hall–Kier alpha value is -3.51. The Kier molecular flexibility index (Phi) is 8.21. The zero-order valence-corrected chi connectivity index (χ0v) is 24.8. The van der Waals surface area contributed by atoms with Gasteiger partial charge < -0.3 is 10.2 Å². The Balaban J connectivity index is 1.66. The minimum Gasteiger partial charge on any atom is -0.362 e. The summed E-state index contributed by atoms with van der Waals surface area (Å²) in [7, 11) is -2.34. The lowest BCUT2D eigenvalue weighted by molar-refractivity contribution is -0.151. The molecule has 0 spiro atoms. The van der Waals surface area contributed by atoms with Crippen molar-refractivity contribution in [3.8, 4) is 0 Å². The number of halogens is 2. The predicted octanol–water partition coefficient (Wildman–Crippen LogP) is 4.41. The minimum absolute atomic E-state index is 0.0697. The van der Waals surface area contributed by atoms with Crippen molar-refractivity contribution in [2.45, 2.75) is 70.4 Å². The van der Waals surface area contributed by atoms with Crippen LogP contribution in [0.15, 0.2) is 48.0 Å². The molecule has 0 aromatic heterocycles. The largest absolute Gasteiger partial charge is 0.362 e. The van der Waals surface area contributed by atoms with Gasteiger partial charge in [-0.2, -0.15) is 0 Å². The van der Waals surface area contributed by atoms with E-state index in [1.807, 2.05) is 0 Å². The first-order valence-electron chi connectivity index (χ1n) is 13.3. The first-order valence-corrected chi connectivity index (χ1v) is 14.8. The van der Waals surface area contributed by atoms with Crippen LogP contribution in [0.1, 0.15) is 51.7 Å². The molecule has 1 saturated carbocycles. The van der Waals surface area contributed by atoms with Crippen molar-refractivity contribution in [1.29, 1.82) is 0 Å². The van der Waals surface area contributed by atoms with Crippen LogP contribution >= 0.6 is 0 Å². The summed E-state index contributed by atoms with van der Waals surface area (Å²) in [6, 6.07) is 8.82. The molecule has 0 saturated heterocycles. The third kappa shape index (κ3) is 6.70. The summed E-state index contributed by atoms with van der Waals surface area (Å²) < 4.78 is 57.0. The quantitative estimate of drug-likeness (QED) is 0.373. The van der Waals surface area contributed by atoms with E-state index in [1.165, 1.54) is 48.4 Å². The van der Waals surface area contributed by atoms with Crippen LogP contribution in [0.2, 0.25) is 0 Å². The molecular formula is C29H36F2N4O5S. The van der Waals surface area contributed by atoms with Crippen LogP contribution < -0.4 is 15.5 Å². The second-order valence-electron chi connectivity index (χ2n) is 11.9. The Labute approximate surface area is 239 Å². The van der Waals surface area contributed by atoms with Gasteiger partial charge in [-0.25, -0.2) is 22.7 Å². The van der Waals surface area contributed by atoms with Gasteiger partial charge >= 0.3 is 0 Å². The zero-order chi connectivity index (χ0) is 30.3. The highest BCUT2D eigenvalue weighted by Gasteiger charge is 2.50. The highest BCUT2D eigenvalue weighted by molar-refractivity contribution is 7.94. The highest BCUT2D eigenvalue weighted by atomic mass is 32.2. The molecule has 2 unspecified atom stereocenters. The van der Waals surface area contributed by atoms with Gasteiger partial charge in [0, 0.05) is 19.0 Å². The van der Waals surface area contributed by atoms with E-state index < -0.39 is 55.9 Å². The highest BCUT2D eigenvalue weighted by Crippen LogP contribution is 2.43. The maximum absolute atomic E-state index is 15.5. The number of nitrogens with zero attached hydrogens (tertiary/aromatic N) is 1. The Bertz CT molecular complexity index is 1500. The molecule has 2 aromatic carbocycles. The molecule has 2 atom stereocenters. The van der Waals surface area contributed by atoms with Crippen LogP contribution in [0.25, 0.3) is 0 Å². The van der Waals surface area contributed by atoms with Gasteiger partial charge in [0.2, 0.25) is 10.0 Å². The van der Waals surface area contributed by atoms with Crippen LogP contribution in [0.4, 0.5) is 20.2 Å². The molecule has 1 heterocycles. The summed E-state index contributed by atoms with van der Waals surface area (Å²) in [5, 5.41) is 2.95. The fourth-order valence-corrected chi connectivity index (χ4v) is 5.73. The van der Waals surface area contributed by atoms with Crippen molar-refractivity contribution in [1.82, 2.24) is 10.4 Å². The number of carbonyl (C=O) groups is 2. The van der Waals surface area contributed by atoms with Gasteiger partial charge in [-0.05, 0) is 76.8 Å². The van der Waals surface area contributed by atoms with E-state index in [1.54, 1.807) is 40.7 Å². The van der Waals surface area contributed by atoms with E-state index in [0.29, 0.717) is 18.4 Å². The van der Waals surface area contributed by atoms with Gasteiger partial charge in [-0.15, -0.1) is 0 Å². The van der Waals surface area contributed by atoms with Crippen molar-refractivity contribution < 1.29 is 31.6 Å². The molecule has 0 radical (unpaired) electrons. The van der Waals surface area contributed by atoms with Gasteiger partial charge in [-0.3, -0.25) is 19.1 Å². The van der Waals surface area contributed by atoms with Crippen molar-refractivity contribution in [3.05, 3.63) is 70.8 Å². The van der Waals surface area contributed by atoms with Crippen LogP contribution in [-0.4, -0.2) is 48.7 Å². The molecule has 3 N–H and O–H groups in total. The lowest BCUT2D eigenvalue weighted by Gasteiger charge is -2.38. The fraction of sp³-hybridized carbons (Fsp3) is 0.448. The van der Waals surface area contributed by atoms with E-state index in [2.05, 4.69) is 15.5 Å². The number of likely N-dealkylation sites (N-methyl/N-ethyl adjacent to an activating group) is 1. The van der Waals surface area contributed by atoms with Crippen LogP contribution in [0.3, 0.4) is 0 Å². The number of amides is 2. The Morgan fingerprint density at radius 2 is 1.83 bits per heavy atom. The molecule has 222 valence electrons. The number of nitrogens with one attached hydrogen (secondary N) is 3. The summed E-state index contributed by atoms with van der Waals surface area (Å²) in [6.45, 7) is 8.58. The van der Waals surface area contributed by atoms with E-state index in [4.69, 9.17) is 4.84 Å². The van der Waals surface area contributed by atoms with Gasteiger partial charge in [-0.1, -0.05) is 24.3 Å². The lowest BCUT2D eigenvalue weighted by atomic mass is 9.91. The second kappa shape index (κ2) is 11.1. The monoisotopic (exact) mass is 590 g/mol. The molecular weight excluding hydrogens is 554 g/mol. The number of hydrogen-bond acceptors (Lipinski definition) is 6. The SMILES string of the molecule is Cc1ccc(NC2C(C(=O)NOC(C)(C)C)C=C(Cc3cccc(NS(=O)(=O)C4(C)CC4)c3F)C(=O)N2C)c(F)c1. The number of hydrogen-bond donors (Lipinski definition) is 3. The lowest BCUT2D eigenvalue weighted by Crippen LogP contribution is -2.55. The van der Waals surface area contributed by atoms with Gasteiger partial charge in [0.05, 0.1) is 27.6 Å². The van der Waals surface area contributed by atoms with Crippen LogP contribution in [0.5, 0.6) is 0 Å². The Morgan fingerprint density at radius 1 is 1.15 bits per heavy atom. The van der Waals surface area contributed by atoms with Gasteiger partial charge in [0.25, 0.3) is 11.8 Å². The van der Waals surface area contributed by atoms with Crippen molar-refractivity contribution in [2.24, 2.45) is 5.92 Å². The average molecular weight is 591 g/mol. The normalized spacial score (nSPS) is 20.3. The molecule has 9 nitrogen and oxygen atoms in total. The molecule has 1 fully saturated rings. The van der Waals surface area contributed by atoms with Gasteiger partial charge in [0.15, 0.2) is 5.82 Å². The van der Waals surface area contributed by atoms with Crippen molar-refractivity contribution in [2.75, 3.05) is 17.1 Å². The van der Waals surface area contributed by atoms with E-state index in [9.17, 15) is 22.4 Å².